The third-order valence-electron chi connectivity index (χ3n) is 15.0. The number of imidazole rings is 2. The summed E-state index contributed by atoms with van der Waals surface area (Å²) in [4.78, 5) is 28.6. The van der Waals surface area contributed by atoms with E-state index in [9.17, 15) is 0 Å². The Kier molecular flexibility index (Phi) is 22.2. The Hall–Kier alpha value is -4.98. The first-order chi connectivity index (χ1) is 34.5. The molecule has 0 aromatic carbocycles. The molecule has 0 amide bonds. The third kappa shape index (κ3) is 16.0. The molecular weight excluding hydrogens is 857 g/mol. The maximum atomic E-state index is 5.46. The zero-order chi connectivity index (χ0) is 48.6. The molecule has 7 heterocycles. The number of rotatable bonds is 34. The lowest BCUT2D eigenvalue weighted by atomic mass is 10.0. The fourth-order valence-corrected chi connectivity index (χ4v) is 10.8. The molecule has 7 rings (SSSR count). The summed E-state index contributed by atoms with van der Waals surface area (Å²) in [6, 6.07) is 9.00. The molecule has 70 heavy (non-hydrogen) atoms. The predicted molar refractivity (Wildman–Crippen MR) is 301 cm³/mol. The normalized spacial score (nSPS) is 12.3. The summed E-state index contributed by atoms with van der Waals surface area (Å²) < 4.78 is 4.06. The van der Waals surface area contributed by atoms with E-state index in [4.69, 9.17) is 19.9 Å². The average Bonchev–Trinajstić information content (AvgIpc) is 4.24. The van der Waals surface area contributed by atoms with E-state index in [1.165, 1.54) is 191 Å². The van der Waals surface area contributed by atoms with Crippen molar-refractivity contribution in [2.45, 2.75) is 219 Å². The van der Waals surface area contributed by atoms with Gasteiger partial charge in [-0.25, -0.2) is 19.9 Å². The molecule has 0 fully saturated rings. The van der Waals surface area contributed by atoms with Crippen molar-refractivity contribution in [3.05, 3.63) is 83.2 Å². The van der Waals surface area contributed by atoms with E-state index in [1.807, 2.05) is 35.9 Å². The van der Waals surface area contributed by atoms with Crippen molar-refractivity contribution < 1.29 is 0 Å². The summed E-state index contributed by atoms with van der Waals surface area (Å²) in [5.41, 5.74) is 14.6. The van der Waals surface area contributed by atoms with Crippen molar-refractivity contribution in [2.75, 3.05) is 0 Å². The molecule has 5 aromatic rings. The Bertz CT molecular complexity index is 2410. The lowest BCUT2D eigenvalue weighted by Crippen LogP contribution is -1.95. The van der Waals surface area contributed by atoms with Crippen LogP contribution in [0.25, 0.3) is 68.9 Å². The molecule has 5 aromatic heterocycles. The highest BCUT2D eigenvalue weighted by Crippen LogP contribution is 2.34. The number of unbranched alkanes of at least 4 members (excludes halogenated alkanes) is 28. The van der Waals surface area contributed by atoms with E-state index < -0.39 is 0 Å². The Morgan fingerprint density at radius 1 is 0.357 bits per heavy atom. The molecule has 378 valence electrons. The fourth-order valence-electron chi connectivity index (χ4n) is 10.8. The van der Waals surface area contributed by atoms with Crippen molar-refractivity contribution in [1.29, 1.82) is 0 Å². The minimum Gasteiger partial charge on any atom is -0.355 e. The van der Waals surface area contributed by atoms with E-state index in [2.05, 4.69) is 84.8 Å². The Morgan fingerprint density at radius 2 is 0.657 bits per heavy atom. The van der Waals surface area contributed by atoms with Crippen molar-refractivity contribution >= 4 is 46.4 Å². The van der Waals surface area contributed by atoms with Gasteiger partial charge in [0.2, 0.25) is 0 Å². The van der Waals surface area contributed by atoms with Crippen LogP contribution in [0.5, 0.6) is 0 Å². The van der Waals surface area contributed by atoms with E-state index in [0.29, 0.717) is 0 Å². The summed E-state index contributed by atoms with van der Waals surface area (Å²) in [6.07, 6.45) is 59.4. The van der Waals surface area contributed by atoms with Gasteiger partial charge in [0.05, 0.1) is 63.4 Å². The minimum absolute atomic E-state index is 0.893. The monoisotopic (exact) mass is 947 g/mol. The van der Waals surface area contributed by atoms with Crippen LogP contribution in [0.2, 0.25) is 0 Å². The summed E-state index contributed by atoms with van der Waals surface area (Å²) in [7, 11) is 4.08. The first-order valence-corrected chi connectivity index (χ1v) is 28.6. The molecule has 0 unspecified atom stereocenters. The van der Waals surface area contributed by atoms with Crippen LogP contribution in [0.4, 0.5) is 0 Å². The second kappa shape index (κ2) is 29.4. The van der Waals surface area contributed by atoms with Gasteiger partial charge in [0.25, 0.3) is 0 Å². The molecule has 0 atom stereocenters. The highest BCUT2D eigenvalue weighted by molar-refractivity contribution is 5.94. The van der Waals surface area contributed by atoms with Crippen molar-refractivity contribution in [2.24, 2.45) is 14.1 Å². The van der Waals surface area contributed by atoms with E-state index in [-0.39, 0.29) is 0 Å². The maximum absolute atomic E-state index is 5.46. The summed E-state index contributed by atoms with van der Waals surface area (Å²) in [5, 5.41) is 0. The highest BCUT2D eigenvalue weighted by atomic mass is 15.0. The zero-order valence-corrected chi connectivity index (χ0v) is 44.2. The molecule has 8 heteroatoms. The van der Waals surface area contributed by atoms with Gasteiger partial charge in [-0.3, -0.25) is 0 Å². The molecule has 2 N–H and O–H groups in total. The number of H-pyrrole nitrogens is 2. The van der Waals surface area contributed by atoms with Crippen LogP contribution >= 0.6 is 0 Å². The molecule has 2 aliphatic heterocycles. The van der Waals surface area contributed by atoms with Crippen LogP contribution in [0.1, 0.15) is 240 Å². The van der Waals surface area contributed by atoms with E-state index >= 15 is 0 Å². The van der Waals surface area contributed by atoms with Gasteiger partial charge in [0.1, 0.15) is 0 Å². The number of aromatic amines is 2. The number of nitrogens with zero attached hydrogens (tertiary/aromatic N) is 6. The van der Waals surface area contributed by atoms with E-state index in [1.54, 1.807) is 0 Å². The zero-order valence-electron chi connectivity index (χ0n) is 44.2. The lowest BCUT2D eigenvalue weighted by Gasteiger charge is -2.06. The standard InChI is InChI=1S/C62H90N8/c1-5-7-9-11-13-15-17-19-21-23-25-27-29-31-33-35-49-51-37-41-55(65-51)61(59-45-69(3)47-63-59)57-43-39-53(67-57)50(36-34-32-30-28-26-24-22-20-18-16-14-12-10-8-6-2)54-40-44-58(68-54)62(56-42-38-52(49)66-56)60-46-70(4)48-64-60/h37-48,65,67H,5-36H2,1-4H3. The third-order valence-corrected chi connectivity index (χ3v) is 15.0. The van der Waals surface area contributed by atoms with Crippen molar-refractivity contribution in [3.8, 4) is 22.5 Å². The van der Waals surface area contributed by atoms with Gasteiger partial charge in [0.15, 0.2) is 0 Å². The Morgan fingerprint density at radius 3 is 0.986 bits per heavy atom. The summed E-state index contributed by atoms with van der Waals surface area (Å²) in [5.74, 6) is 0. The van der Waals surface area contributed by atoms with Crippen LogP contribution in [0, 0.1) is 0 Å². The van der Waals surface area contributed by atoms with Gasteiger partial charge in [-0.15, -0.1) is 0 Å². The fraction of sp³-hybridized carbons (Fsp3) is 0.581. The van der Waals surface area contributed by atoms with E-state index in [0.717, 1.165) is 93.0 Å². The number of fused-ring (bicyclic) bond motifs is 8. The smallest absolute Gasteiger partial charge is 0.0951 e. The van der Waals surface area contributed by atoms with Crippen molar-refractivity contribution in [3.63, 3.8) is 0 Å². The molecule has 0 spiro atoms. The molecule has 0 aliphatic carbocycles. The average molecular weight is 947 g/mol. The number of nitrogens with one attached hydrogen (secondary N) is 2. The topological polar surface area (TPSA) is 93.0 Å². The van der Waals surface area contributed by atoms with Gasteiger partial charge in [-0.1, -0.05) is 194 Å². The first kappa shape index (κ1) is 52.8. The summed E-state index contributed by atoms with van der Waals surface area (Å²) >= 11 is 0. The molecule has 0 saturated carbocycles. The van der Waals surface area contributed by atoms with Crippen LogP contribution in [0.15, 0.2) is 49.3 Å². The van der Waals surface area contributed by atoms with Crippen LogP contribution in [0.3, 0.4) is 0 Å². The van der Waals surface area contributed by atoms with Gasteiger partial charge < -0.3 is 19.1 Å². The second-order valence-electron chi connectivity index (χ2n) is 21.0. The molecular formula is C62H90N8. The van der Waals surface area contributed by atoms with Crippen LogP contribution < -0.4 is 0 Å². The first-order valence-electron chi connectivity index (χ1n) is 28.6. The second-order valence-corrected chi connectivity index (χ2v) is 21.0. The number of hydrogen-bond acceptors (Lipinski definition) is 4. The van der Waals surface area contributed by atoms with Crippen LogP contribution in [-0.4, -0.2) is 39.0 Å². The number of hydrogen-bond donors (Lipinski definition) is 2. The summed E-state index contributed by atoms with van der Waals surface area (Å²) in [6.45, 7) is 4.60. The van der Waals surface area contributed by atoms with Gasteiger partial charge in [-0.05, 0) is 74.3 Å². The van der Waals surface area contributed by atoms with Crippen molar-refractivity contribution in [1.82, 2.24) is 39.0 Å². The number of aromatic nitrogens is 8. The van der Waals surface area contributed by atoms with Gasteiger partial charge in [-0.2, -0.15) is 0 Å². The minimum atomic E-state index is 0.893. The largest absolute Gasteiger partial charge is 0.355 e. The number of aryl methyl sites for hydroxylation is 4. The Labute approximate surface area is 422 Å². The SMILES string of the molecule is CCCCCCCCCCCCCCCCCc1c2nc(c(-c3cn(C)cn3)c3nc(c(CCCCCCCCCCCCCCCCC)c4ccc([nH]4)c(-c4cn(C)cn4)c4ccc1[nH]4)C=C3)C=C2. The predicted octanol–water partition coefficient (Wildman–Crippen LogP) is 18.3. The molecule has 8 bridgehead atoms. The molecule has 2 aliphatic rings. The molecule has 0 saturated heterocycles. The molecule has 0 radical (unpaired) electrons. The maximum Gasteiger partial charge on any atom is 0.0951 e. The molecule has 8 nitrogen and oxygen atoms in total. The van der Waals surface area contributed by atoms with Gasteiger partial charge >= 0.3 is 0 Å². The van der Waals surface area contributed by atoms with Gasteiger partial charge in [0, 0.05) is 54.2 Å². The Balaban J connectivity index is 1.10. The lowest BCUT2D eigenvalue weighted by molar-refractivity contribution is 0.532. The quantitative estimate of drug-likeness (QED) is 0.0394. The highest BCUT2D eigenvalue weighted by Gasteiger charge is 2.20. The van der Waals surface area contributed by atoms with Crippen LogP contribution in [-0.2, 0) is 26.9 Å².